The highest BCUT2D eigenvalue weighted by molar-refractivity contribution is 9.10. The van der Waals surface area contributed by atoms with Crippen molar-refractivity contribution in [1.29, 1.82) is 0 Å². The zero-order valence-corrected chi connectivity index (χ0v) is 9.35. The van der Waals surface area contributed by atoms with Gasteiger partial charge >= 0.3 is 0 Å². The van der Waals surface area contributed by atoms with Crippen LogP contribution in [0.25, 0.3) is 0 Å². The number of hydrogen-bond donors (Lipinski definition) is 1. The molecule has 0 unspecified atom stereocenters. The normalized spacial score (nSPS) is 10.1. The largest absolute Gasteiger partial charge is 0.467 e. The number of nitrogen functional groups attached to an aromatic ring is 1. The summed E-state index contributed by atoms with van der Waals surface area (Å²) in [7, 11) is 1.55. The van der Waals surface area contributed by atoms with Gasteiger partial charge in [0.05, 0.1) is 10.7 Å². The number of methoxy groups -OCH3 is 1. The predicted molar refractivity (Wildman–Crippen MR) is 56.1 cm³/mol. The Labute approximate surface area is 89.9 Å². The van der Waals surface area contributed by atoms with E-state index in [0.717, 1.165) is 0 Å². The summed E-state index contributed by atoms with van der Waals surface area (Å²) in [6.07, 6.45) is 0. The molecule has 0 fully saturated rings. The lowest BCUT2D eigenvalue weighted by Gasteiger charge is -2.07. The molecule has 0 heterocycles. The van der Waals surface area contributed by atoms with Crippen LogP contribution in [0, 0.1) is 0 Å². The molecule has 0 aromatic heterocycles. The first-order valence-electron chi connectivity index (χ1n) is 3.51. The summed E-state index contributed by atoms with van der Waals surface area (Å²) in [6, 6.07) is 3.38. The fraction of sp³-hybridized carbons (Fsp3) is 0.250. The Morgan fingerprint density at radius 3 is 2.77 bits per heavy atom. The second-order valence-electron chi connectivity index (χ2n) is 2.35. The third-order valence-corrected chi connectivity index (χ3v) is 2.36. The fourth-order valence-corrected chi connectivity index (χ4v) is 1.53. The molecule has 3 nitrogen and oxygen atoms in total. The topological polar surface area (TPSA) is 44.5 Å². The van der Waals surface area contributed by atoms with Gasteiger partial charge < -0.3 is 15.2 Å². The quantitative estimate of drug-likeness (QED) is 0.676. The molecule has 0 radical (unpaired) electrons. The van der Waals surface area contributed by atoms with Gasteiger partial charge in [0.25, 0.3) is 0 Å². The number of benzene rings is 1. The molecule has 0 amide bonds. The van der Waals surface area contributed by atoms with Crippen LogP contribution in [0.15, 0.2) is 16.6 Å². The Balaban J connectivity index is 2.86. The third kappa shape index (κ3) is 2.76. The Kier molecular flexibility index (Phi) is 3.84. The van der Waals surface area contributed by atoms with Crippen molar-refractivity contribution in [2.24, 2.45) is 0 Å². The van der Waals surface area contributed by atoms with E-state index in [-0.39, 0.29) is 6.79 Å². The van der Waals surface area contributed by atoms with Gasteiger partial charge in [0.1, 0.15) is 5.75 Å². The number of nitrogens with two attached hydrogens (primary N) is 1. The summed E-state index contributed by atoms with van der Waals surface area (Å²) in [6.45, 7) is 0.187. The van der Waals surface area contributed by atoms with Crippen molar-refractivity contribution >= 4 is 33.2 Å². The van der Waals surface area contributed by atoms with Gasteiger partial charge in [-0.3, -0.25) is 0 Å². The van der Waals surface area contributed by atoms with Crippen LogP contribution < -0.4 is 10.5 Å². The van der Waals surface area contributed by atoms with E-state index in [9.17, 15) is 0 Å². The Bertz CT molecular complexity index is 283. The van der Waals surface area contributed by atoms with Gasteiger partial charge in [-0.25, -0.2) is 0 Å². The van der Waals surface area contributed by atoms with Gasteiger partial charge in [-0.15, -0.1) is 0 Å². The van der Waals surface area contributed by atoms with Crippen LogP contribution in [0.4, 0.5) is 5.69 Å². The molecule has 1 aromatic rings. The smallest absolute Gasteiger partial charge is 0.188 e. The Hall–Kier alpha value is -0.450. The van der Waals surface area contributed by atoms with Crippen LogP contribution in [0.5, 0.6) is 5.75 Å². The minimum atomic E-state index is 0.187. The molecule has 0 spiro atoms. The molecule has 0 saturated heterocycles. The highest BCUT2D eigenvalue weighted by Crippen LogP contribution is 2.32. The number of anilines is 1. The fourth-order valence-electron chi connectivity index (χ4n) is 0.771. The first kappa shape index (κ1) is 10.6. The zero-order chi connectivity index (χ0) is 9.84. The number of rotatable bonds is 3. The zero-order valence-electron chi connectivity index (χ0n) is 7.01. The second-order valence-corrected chi connectivity index (χ2v) is 3.61. The Morgan fingerprint density at radius 1 is 1.54 bits per heavy atom. The minimum absolute atomic E-state index is 0.187. The predicted octanol–water partition coefficient (Wildman–Crippen LogP) is 2.67. The van der Waals surface area contributed by atoms with Crippen LogP contribution in [0.1, 0.15) is 0 Å². The van der Waals surface area contributed by atoms with E-state index in [0.29, 0.717) is 20.9 Å². The van der Waals surface area contributed by atoms with Crippen LogP contribution in [-0.4, -0.2) is 13.9 Å². The summed E-state index contributed by atoms with van der Waals surface area (Å²) < 4.78 is 10.6. The van der Waals surface area contributed by atoms with E-state index < -0.39 is 0 Å². The molecular weight excluding hydrogens is 257 g/mol. The summed E-state index contributed by atoms with van der Waals surface area (Å²) >= 11 is 9.08. The van der Waals surface area contributed by atoms with Crippen molar-refractivity contribution in [3.05, 3.63) is 21.6 Å². The van der Waals surface area contributed by atoms with E-state index in [1.165, 1.54) is 0 Å². The summed E-state index contributed by atoms with van der Waals surface area (Å²) in [5, 5.41) is 0.459. The van der Waals surface area contributed by atoms with Crippen LogP contribution in [0.3, 0.4) is 0 Å². The van der Waals surface area contributed by atoms with Crippen molar-refractivity contribution in [2.75, 3.05) is 19.6 Å². The Morgan fingerprint density at radius 2 is 2.23 bits per heavy atom. The summed E-state index contributed by atoms with van der Waals surface area (Å²) in [4.78, 5) is 0. The summed E-state index contributed by atoms with van der Waals surface area (Å²) in [5.74, 6) is 0.618. The minimum Gasteiger partial charge on any atom is -0.467 e. The maximum atomic E-state index is 5.82. The van der Waals surface area contributed by atoms with Gasteiger partial charge in [0.2, 0.25) is 0 Å². The average molecular weight is 267 g/mol. The van der Waals surface area contributed by atoms with Crippen molar-refractivity contribution in [2.45, 2.75) is 0 Å². The summed E-state index contributed by atoms with van der Waals surface area (Å²) in [5.41, 5.74) is 6.12. The molecule has 0 atom stereocenters. The molecule has 13 heavy (non-hydrogen) atoms. The molecule has 1 rings (SSSR count). The second kappa shape index (κ2) is 4.69. The SMILES string of the molecule is COCOc1cc(Cl)c(N)c(Br)c1. The number of halogens is 2. The van der Waals surface area contributed by atoms with Crippen molar-refractivity contribution in [1.82, 2.24) is 0 Å². The average Bonchev–Trinajstić information content (AvgIpc) is 2.10. The molecule has 0 aliphatic rings. The van der Waals surface area contributed by atoms with E-state index in [4.69, 9.17) is 26.8 Å². The molecular formula is C8H9BrClNO2. The van der Waals surface area contributed by atoms with Crippen molar-refractivity contribution in [3.8, 4) is 5.75 Å². The standard InChI is InChI=1S/C8H9BrClNO2/c1-12-4-13-5-2-6(9)8(11)7(10)3-5/h2-3H,4,11H2,1H3. The lowest BCUT2D eigenvalue weighted by molar-refractivity contribution is 0.0511. The molecule has 0 aliphatic carbocycles. The maximum Gasteiger partial charge on any atom is 0.188 e. The van der Waals surface area contributed by atoms with E-state index >= 15 is 0 Å². The van der Waals surface area contributed by atoms with E-state index in [2.05, 4.69) is 15.9 Å². The molecule has 1 aromatic carbocycles. The van der Waals surface area contributed by atoms with Gasteiger partial charge in [-0.05, 0) is 22.0 Å². The van der Waals surface area contributed by atoms with Crippen LogP contribution in [-0.2, 0) is 4.74 Å². The number of hydrogen-bond acceptors (Lipinski definition) is 3. The van der Waals surface area contributed by atoms with Crippen molar-refractivity contribution in [3.63, 3.8) is 0 Å². The van der Waals surface area contributed by atoms with Gasteiger partial charge in [-0.2, -0.15) is 0 Å². The van der Waals surface area contributed by atoms with Gasteiger partial charge in [0, 0.05) is 17.6 Å². The lowest BCUT2D eigenvalue weighted by atomic mass is 10.3. The molecule has 0 aliphatic heterocycles. The highest BCUT2D eigenvalue weighted by Gasteiger charge is 2.04. The lowest BCUT2D eigenvalue weighted by Crippen LogP contribution is -1.99. The number of ether oxygens (including phenoxy) is 2. The van der Waals surface area contributed by atoms with E-state index in [1.54, 1.807) is 19.2 Å². The molecule has 5 heteroatoms. The highest BCUT2D eigenvalue weighted by atomic mass is 79.9. The molecule has 72 valence electrons. The van der Waals surface area contributed by atoms with Gasteiger partial charge in [0.15, 0.2) is 6.79 Å². The van der Waals surface area contributed by atoms with Gasteiger partial charge in [-0.1, -0.05) is 11.6 Å². The first-order chi connectivity index (χ1) is 6.15. The molecule has 0 bridgehead atoms. The third-order valence-electron chi connectivity index (χ3n) is 1.40. The van der Waals surface area contributed by atoms with Crippen LogP contribution in [0.2, 0.25) is 5.02 Å². The maximum absolute atomic E-state index is 5.82. The molecule has 0 saturated carbocycles. The molecule has 2 N–H and O–H groups in total. The van der Waals surface area contributed by atoms with E-state index in [1.807, 2.05) is 0 Å². The van der Waals surface area contributed by atoms with Crippen molar-refractivity contribution < 1.29 is 9.47 Å². The monoisotopic (exact) mass is 265 g/mol. The first-order valence-corrected chi connectivity index (χ1v) is 4.68. The van der Waals surface area contributed by atoms with Crippen LogP contribution >= 0.6 is 27.5 Å².